The lowest BCUT2D eigenvalue weighted by atomic mass is 10.1. The molecule has 0 unspecified atom stereocenters. The third-order valence-electron chi connectivity index (χ3n) is 2.51. The van der Waals surface area contributed by atoms with Gasteiger partial charge in [-0.25, -0.2) is 0 Å². The number of aliphatic hydroxyl groups excluding tert-OH is 1. The minimum absolute atomic E-state index is 0.126. The highest BCUT2D eigenvalue weighted by atomic mass is 19.4. The third-order valence-corrected chi connectivity index (χ3v) is 2.51. The van der Waals surface area contributed by atoms with E-state index in [1.165, 1.54) is 10.9 Å². The number of hydrogen-bond acceptors (Lipinski definition) is 2. The highest BCUT2D eigenvalue weighted by molar-refractivity contribution is 5.20. The van der Waals surface area contributed by atoms with E-state index in [0.717, 1.165) is 6.42 Å². The Hall–Kier alpha value is -1.30. The van der Waals surface area contributed by atoms with Crippen LogP contribution < -0.4 is 0 Å². The smallest absolute Gasteiger partial charge is 0.396 e. The van der Waals surface area contributed by atoms with E-state index in [4.69, 9.17) is 5.11 Å². The number of unbranched alkanes of at least 4 members (excludes halogenated alkanes) is 1. The van der Waals surface area contributed by atoms with Gasteiger partial charge >= 0.3 is 6.18 Å². The first-order chi connectivity index (χ1) is 8.49. The normalized spacial score (nSPS) is 11.8. The molecular formula is C12H17F3N2O. The molecule has 0 aliphatic rings. The van der Waals surface area contributed by atoms with Gasteiger partial charge in [0, 0.05) is 24.9 Å². The Morgan fingerprint density at radius 2 is 2.11 bits per heavy atom. The summed E-state index contributed by atoms with van der Waals surface area (Å²) in [5, 5.41) is 12.3. The number of nitrogens with zero attached hydrogens (tertiary/aromatic N) is 2. The van der Waals surface area contributed by atoms with Crippen LogP contribution in [0.5, 0.6) is 0 Å². The predicted molar refractivity (Wildman–Crippen MR) is 62.1 cm³/mol. The second-order valence-electron chi connectivity index (χ2n) is 4.02. The van der Waals surface area contributed by atoms with Gasteiger partial charge in [0.15, 0.2) is 5.69 Å². The van der Waals surface area contributed by atoms with Gasteiger partial charge in [0.05, 0.1) is 0 Å². The Labute approximate surface area is 104 Å². The Kier molecular flexibility index (Phi) is 5.40. The molecule has 0 saturated heterocycles. The van der Waals surface area contributed by atoms with Crippen molar-refractivity contribution in [2.24, 2.45) is 0 Å². The van der Waals surface area contributed by atoms with E-state index in [2.05, 4.69) is 11.7 Å². The second-order valence-corrected chi connectivity index (χ2v) is 4.02. The SMILES string of the molecule is C=CCCCn1cc(CCCO)c(C(F)(F)F)n1. The monoisotopic (exact) mass is 262 g/mol. The molecule has 102 valence electrons. The molecule has 0 radical (unpaired) electrons. The average molecular weight is 262 g/mol. The van der Waals surface area contributed by atoms with Gasteiger partial charge in [0.1, 0.15) is 0 Å². The number of alkyl halides is 3. The van der Waals surface area contributed by atoms with Crippen LogP contribution in [0.4, 0.5) is 13.2 Å². The maximum atomic E-state index is 12.7. The quantitative estimate of drug-likeness (QED) is 0.606. The van der Waals surface area contributed by atoms with E-state index < -0.39 is 11.9 Å². The van der Waals surface area contributed by atoms with Crippen molar-refractivity contribution < 1.29 is 18.3 Å². The fraction of sp³-hybridized carbons (Fsp3) is 0.583. The minimum atomic E-state index is -4.44. The summed E-state index contributed by atoms with van der Waals surface area (Å²) in [5.41, 5.74) is -0.690. The highest BCUT2D eigenvalue weighted by Gasteiger charge is 2.36. The molecule has 0 atom stereocenters. The summed E-state index contributed by atoms with van der Waals surface area (Å²) in [4.78, 5) is 0. The van der Waals surface area contributed by atoms with E-state index in [1.54, 1.807) is 6.08 Å². The van der Waals surface area contributed by atoms with Crippen LogP contribution in [0.3, 0.4) is 0 Å². The van der Waals surface area contributed by atoms with Crippen LogP contribution in [0.2, 0.25) is 0 Å². The first kappa shape index (κ1) is 14.8. The molecule has 3 nitrogen and oxygen atoms in total. The molecule has 0 fully saturated rings. The Bertz CT molecular complexity index is 385. The minimum Gasteiger partial charge on any atom is -0.396 e. The van der Waals surface area contributed by atoms with Crippen LogP contribution in [-0.2, 0) is 19.1 Å². The van der Waals surface area contributed by atoms with Gasteiger partial charge in [0.25, 0.3) is 0 Å². The molecule has 0 saturated carbocycles. The van der Waals surface area contributed by atoms with Crippen molar-refractivity contribution in [1.82, 2.24) is 9.78 Å². The van der Waals surface area contributed by atoms with Crippen molar-refractivity contribution in [1.29, 1.82) is 0 Å². The number of halogens is 3. The number of aryl methyl sites for hydroxylation is 2. The molecule has 1 aromatic rings. The van der Waals surface area contributed by atoms with Crippen LogP contribution in [0.1, 0.15) is 30.5 Å². The molecule has 1 heterocycles. The molecule has 0 spiro atoms. The summed E-state index contributed by atoms with van der Waals surface area (Å²) in [6.07, 6.45) is 0.653. The largest absolute Gasteiger partial charge is 0.435 e. The summed E-state index contributed by atoms with van der Waals surface area (Å²) < 4.78 is 39.5. The van der Waals surface area contributed by atoms with Crippen molar-refractivity contribution in [3.63, 3.8) is 0 Å². The van der Waals surface area contributed by atoms with Gasteiger partial charge in [0.2, 0.25) is 0 Å². The lowest BCUT2D eigenvalue weighted by Crippen LogP contribution is -2.10. The molecule has 0 amide bonds. The van der Waals surface area contributed by atoms with Crippen molar-refractivity contribution in [2.75, 3.05) is 6.61 Å². The summed E-state index contributed by atoms with van der Waals surface area (Å²) in [5.74, 6) is 0. The predicted octanol–water partition coefficient (Wildman–Crippen LogP) is 2.79. The maximum absolute atomic E-state index is 12.7. The molecule has 6 heteroatoms. The fourth-order valence-electron chi connectivity index (χ4n) is 1.67. The van der Waals surface area contributed by atoms with Crippen LogP contribution in [0.25, 0.3) is 0 Å². The highest BCUT2D eigenvalue weighted by Crippen LogP contribution is 2.31. The van der Waals surface area contributed by atoms with Crippen LogP contribution in [-0.4, -0.2) is 21.5 Å². The first-order valence-corrected chi connectivity index (χ1v) is 5.84. The van der Waals surface area contributed by atoms with Crippen molar-refractivity contribution in [3.8, 4) is 0 Å². The molecule has 1 N–H and O–H groups in total. The molecule has 18 heavy (non-hydrogen) atoms. The average Bonchev–Trinajstić information content (AvgIpc) is 2.70. The van der Waals surface area contributed by atoms with Gasteiger partial charge in [-0.05, 0) is 25.7 Å². The van der Waals surface area contributed by atoms with Gasteiger partial charge in [-0.3, -0.25) is 4.68 Å². The lowest BCUT2D eigenvalue weighted by Gasteiger charge is -2.04. The van der Waals surface area contributed by atoms with E-state index >= 15 is 0 Å². The van der Waals surface area contributed by atoms with E-state index in [9.17, 15) is 13.2 Å². The third kappa shape index (κ3) is 4.18. The van der Waals surface area contributed by atoms with E-state index in [0.29, 0.717) is 19.4 Å². The van der Waals surface area contributed by atoms with E-state index in [1.807, 2.05) is 0 Å². The summed E-state index contributed by atoms with van der Waals surface area (Å²) in [7, 11) is 0. The molecular weight excluding hydrogens is 245 g/mol. The molecule has 0 bridgehead atoms. The summed E-state index contributed by atoms with van der Waals surface area (Å²) in [6, 6.07) is 0. The number of aliphatic hydroxyl groups is 1. The number of hydrogen-bond donors (Lipinski definition) is 1. The molecule has 1 aromatic heterocycles. The summed E-state index contributed by atoms with van der Waals surface area (Å²) in [6.45, 7) is 3.87. The van der Waals surface area contributed by atoms with E-state index in [-0.39, 0.29) is 18.6 Å². The summed E-state index contributed by atoms with van der Waals surface area (Å²) >= 11 is 0. The standard InChI is InChI=1S/C12H17F3N2O/c1-2-3-4-7-17-9-10(6-5-8-18)11(16-17)12(13,14)15/h2,9,18H,1,3-8H2. The zero-order valence-electron chi connectivity index (χ0n) is 10.1. The van der Waals surface area contributed by atoms with Crippen LogP contribution in [0, 0.1) is 0 Å². The fourth-order valence-corrected chi connectivity index (χ4v) is 1.67. The Morgan fingerprint density at radius 3 is 2.67 bits per heavy atom. The Morgan fingerprint density at radius 1 is 1.39 bits per heavy atom. The van der Waals surface area contributed by atoms with Crippen molar-refractivity contribution in [2.45, 2.75) is 38.4 Å². The Balaban J connectivity index is 2.82. The molecule has 0 aliphatic carbocycles. The molecule has 1 rings (SSSR count). The van der Waals surface area contributed by atoms with Crippen molar-refractivity contribution in [3.05, 3.63) is 30.1 Å². The molecule has 0 aliphatic heterocycles. The zero-order chi connectivity index (χ0) is 13.6. The maximum Gasteiger partial charge on any atom is 0.435 e. The second kappa shape index (κ2) is 6.58. The number of rotatable bonds is 7. The zero-order valence-corrected chi connectivity index (χ0v) is 10.1. The van der Waals surface area contributed by atoms with Gasteiger partial charge in [-0.15, -0.1) is 6.58 Å². The topological polar surface area (TPSA) is 38.0 Å². The van der Waals surface area contributed by atoms with Crippen molar-refractivity contribution >= 4 is 0 Å². The van der Waals surface area contributed by atoms with Gasteiger partial charge < -0.3 is 5.11 Å². The lowest BCUT2D eigenvalue weighted by molar-refractivity contribution is -0.142. The molecule has 0 aromatic carbocycles. The van der Waals surface area contributed by atoms with Gasteiger partial charge in [-0.2, -0.15) is 18.3 Å². The number of allylic oxidation sites excluding steroid dienone is 1. The first-order valence-electron chi connectivity index (χ1n) is 5.84. The van der Waals surface area contributed by atoms with Gasteiger partial charge in [-0.1, -0.05) is 6.08 Å². The number of aromatic nitrogens is 2. The van der Waals surface area contributed by atoms with Crippen LogP contribution in [0.15, 0.2) is 18.9 Å². The van der Waals surface area contributed by atoms with Crippen LogP contribution >= 0.6 is 0 Å².